The van der Waals surface area contributed by atoms with E-state index >= 15 is 0 Å². The van der Waals surface area contributed by atoms with E-state index in [4.69, 9.17) is 21.9 Å². The molecule has 2 aromatic carbocycles. The highest BCUT2D eigenvalue weighted by Crippen LogP contribution is 2.42. The van der Waals surface area contributed by atoms with Crippen molar-refractivity contribution in [1.82, 2.24) is 0 Å². The normalized spacial score (nSPS) is 16.0. The van der Waals surface area contributed by atoms with E-state index in [1.165, 1.54) is 5.56 Å². The minimum atomic E-state index is -0.114. The fourth-order valence-electron chi connectivity index (χ4n) is 2.70. The average Bonchev–Trinajstić information content (AvgIpc) is 2.87. The Hall–Kier alpha value is -2.16. The van der Waals surface area contributed by atoms with Gasteiger partial charge in [0.1, 0.15) is 11.9 Å². The van der Waals surface area contributed by atoms with Gasteiger partial charge in [0.05, 0.1) is 6.54 Å². The van der Waals surface area contributed by atoms with Crippen LogP contribution < -0.4 is 4.74 Å². The molecule has 0 fully saturated rings. The Morgan fingerprint density at radius 3 is 2.90 bits per heavy atom. The number of aryl methyl sites for hydroxylation is 1. The molecule has 106 valence electrons. The van der Waals surface area contributed by atoms with E-state index in [0.717, 1.165) is 22.4 Å². The lowest BCUT2D eigenvalue weighted by Crippen LogP contribution is -2.16. The number of azide groups is 1. The van der Waals surface area contributed by atoms with Crippen molar-refractivity contribution in [2.24, 2.45) is 5.11 Å². The molecule has 0 amide bonds. The zero-order chi connectivity index (χ0) is 14.8. The average molecular weight is 300 g/mol. The minimum absolute atomic E-state index is 0.114. The first-order chi connectivity index (χ1) is 10.2. The number of ether oxygens (including phenoxy) is 1. The van der Waals surface area contributed by atoms with Gasteiger partial charge in [0, 0.05) is 21.9 Å². The van der Waals surface area contributed by atoms with Gasteiger partial charge in [-0.25, -0.2) is 0 Å². The van der Waals surface area contributed by atoms with E-state index in [9.17, 15) is 0 Å². The summed E-state index contributed by atoms with van der Waals surface area (Å²) in [5.41, 5.74) is 12.8. The van der Waals surface area contributed by atoms with Crippen molar-refractivity contribution in [3.8, 4) is 16.9 Å². The van der Waals surface area contributed by atoms with Crippen molar-refractivity contribution in [1.29, 1.82) is 0 Å². The number of rotatable bonds is 3. The first kappa shape index (κ1) is 13.8. The number of hydrogen-bond acceptors (Lipinski definition) is 2. The Morgan fingerprint density at radius 1 is 1.33 bits per heavy atom. The molecule has 2 aromatic rings. The first-order valence-electron chi connectivity index (χ1n) is 6.75. The third-order valence-electron chi connectivity index (χ3n) is 3.65. The van der Waals surface area contributed by atoms with E-state index in [-0.39, 0.29) is 6.10 Å². The molecule has 1 atom stereocenters. The maximum Gasteiger partial charge on any atom is 0.130 e. The molecule has 0 N–H and O–H groups in total. The summed E-state index contributed by atoms with van der Waals surface area (Å²) in [6.07, 6.45) is 0.602. The van der Waals surface area contributed by atoms with E-state index in [0.29, 0.717) is 18.0 Å². The van der Waals surface area contributed by atoms with E-state index in [2.05, 4.69) is 29.1 Å². The van der Waals surface area contributed by atoms with Crippen LogP contribution in [0, 0.1) is 6.92 Å². The van der Waals surface area contributed by atoms with E-state index < -0.39 is 0 Å². The van der Waals surface area contributed by atoms with Crippen LogP contribution in [0.1, 0.15) is 11.1 Å². The van der Waals surface area contributed by atoms with Gasteiger partial charge in [-0.15, -0.1) is 0 Å². The summed E-state index contributed by atoms with van der Waals surface area (Å²) in [5.74, 6) is 0.854. The van der Waals surface area contributed by atoms with Crippen LogP contribution in [0.3, 0.4) is 0 Å². The predicted molar refractivity (Wildman–Crippen MR) is 83.8 cm³/mol. The summed E-state index contributed by atoms with van der Waals surface area (Å²) in [7, 11) is 0. The van der Waals surface area contributed by atoms with Crippen molar-refractivity contribution in [3.63, 3.8) is 0 Å². The van der Waals surface area contributed by atoms with Gasteiger partial charge < -0.3 is 4.74 Å². The molecule has 0 aliphatic carbocycles. The van der Waals surface area contributed by atoms with Crippen molar-refractivity contribution in [3.05, 3.63) is 63.0 Å². The Bertz CT molecular complexity index is 738. The van der Waals surface area contributed by atoms with Gasteiger partial charge >= 0.3 is 0 Å². The molecule has 21 heavy (non-hydrogen) atoms. The topological polar surface area (TPSA) is 58.0 Å². The molecule has 0 bridgehead atoms. The van der Waals surface area contributed by atoms with E-state index in [1.54, 1.807) is 0 Å². The molecule has 1 unspecified atom stereocenters. The summed E-state index contributed by atoms with van der Waals surface area (Å²) >= 11 is 6.25. The standard InChI is InChI=1S/C16H14ClN3O/c1-10-4-2-3-5-14(10)15-8-12(17)6-11-7-13(9-19-20-18)21-16(11)15/h2-6,8,13H,7,9H2,1H3. The fraction of sp³-hybridized carbons (Fsp3) is 0.250. The van der Waals surface area contributed by atoms with Gasteiger partial charge in [-0.1, -0.05) is 41.0 Å². The van der Waals surface area contributed by atoms with Gasteiger partial charge in [0.25, 0.3) is 0 Å². The lowest BCUT2D eigenvalue weighted by atomic mass is 9.97. The summed E-state index contributed by atoms with van der Waals surface area (Å²) < 4.78 is 5.98. The Balaban J connectivity index is 2.05. The highest BCUT2D eigenvalue weighted by atomic mass is 35.5. The predicted octanol–water partition coefficient (Wildman–Crippen LogP) is 4.93. The van der Waals surface area contributed by atoms with Crippen LogP contribution in [-0.4, -0.2) is 12.6 Å². The van der Waals surface area contributed by atoms with Crippen molar-refractivity contribution in [2.45, 2.75) is 19.4 Å². The minimum Gasteiger partial charge on any atom is -0.489 e. The number of fused-ring (bicyclic) bond motifs is 1. The number of nitrogens with zero attached hydrogens (tertiary/aromatic N) is 3. The van der Waals surface area contributed by atoms with Crippen LogP contribution in [0.5, 0.6) is 5.75 Å². The van der Waals surface area contributed by atoms with E-state index in [1.807, 2.05) is 24.3 Å². The summed E-state index contributed by atoms with van der Waals surface area (Å²) in [6.45, 7) is 2.39. The largest absolute Gasteiger partial charge is 0.489 e. The Morgan fingerprint density at radius 2 is 2.14 bits per heavy atom. The molecule has 0 aromatic heterocycles. The van der Waals surface area contributed by atoms with Crippen molar-refractivity contribution in [2.75, 3.05) is 6.54 Å². The summed E-state index contributed by atoms with van der Waals surface area (Å²) in [4.78, 5) is 2.79. The highest BCUT2D eigenvalue weighted by molar-refractivity contribution is 6.31. The molecule has 1 heterocycles. The van der Waals surface area contributed by atoms with Crippen LogP contribution in [-0.2, 0) is 6.42 Å². The number of benzene rings is 2. The first-order valence-corrected chi connectivity index (χ1v) is 7.13. The lowest BCUT2D eigenvalue weighted by molar-refractivity contribution is 0.242. The molecular formula is C16H14ClN3O. The second-order valence-corrected chi connectivity index (χ2v) is 5.55. The zero-order valence-electron chi connectivity index (χ0n) is 11.6. The zero-order valence-corrected chi connectivity index (χ0v) is 12.3. The highest BCUT2D eigenvalue weighted by Gasteiger charge is 2.26. The summed E-state index contributed by atoms with van der Waals surface area (Å²) in [6, 6.07) is 12.0. The molecule has 5 heteroatoms. The number of halogens is 1. The molecule has 0 spiro atoms. The lowest BCUT2D eigenvalue weighted by Gasteiger charge is -2.13. The Kier molecular flexibility index (Phi) is 3.74. The van der Waals surface area contributed by atoms with Gasteiger partial charge in [-0.2, -0.15) is 0 Å². The van der Waals surface area contributed by atoms with Crippen molar-refractivity contribution < 1.29 is 4.74 Å². The second kappa shape index (κ2) is 5.68. The SMILES string of the molecule is Cc1ccccc1-c1cc(Cl)cc2c1OC(CN=[N+]=[N-])C2. The Labute approximate surface area is 127 Å². The second-order valence-electron chi connectivity index (χ2n) is 5.11. The van der Waals surface area contributed by atoms with Gasteiger partial charge in [0.15, 0.2) is 0 Å². The molecule has 1 aliphatic heterocycles. The smallest absolute Gasteiger partial charge is 0.130 e. The summed E-state index contributed by atoms with van der Waals surface area (Å²) in [5, 5.41) is 4.30. The van der Waals surface area contributed by atoms with Crippen LogP contribution in [0.2, 0.25) is 5.02 Å². The quantitative estimate of drug-likeness (QED) is 0.450. The fourth-order valence-corrected chi connectivity index (χ4v) is 2.94. The molecule has 0 saturated heterocycles. The van der Waals surface area contributed by atoms with Crippen LogP contribution in [0.4, 0.5) is 0 Å². The van der Waals surface area contributed by atoms with Crippen molar-refractivity contribution >= 4 is 11.6 Å². The van der Waals surface area contributed by atoms with Crippen LogP contribution in [0.25, 0.3) is 21.6 Å². The van der Waals surface area contributed by atoms with Gasteiger partial charge in [-0.05, 0) is 41.3 Å². The van der Waals surface area contributed by atoms with Gasteiger partial charge in [0.2, 0.25) is 0 Å². The third kappa shape index (κ3) is 2.68. The van der Waals surface area contributed by atoms with Crippen LogP contribution >= 0.6 is 11.6 Å². The monoisotopic (exact) mass is 299 g/mol. The maximum absolute atomic E-state index is 8.44. The number of hydrogen-bond donors (Lipinski definition) is 0. The molecular weight excluding hydrogens is 286 g/mol. The molecule has 1 aliphatic rings. The molecule has 4 nitrogen and oxygen atoms in total. The third-order valence-corrected chi connectivity index (χ3v) is 3.86. The molecule has 0 saturated carbocycles. The molecule has 3 rings (SSSR count). The molecule has 0 radical (unpaired) electrons. The maximum atomic E-state index is 8.44. The van der Waals surface area contributed by atoms with Crippen LogP contribution in [0.15, 0.2) is 41.5 Å². The van der Waals surface area contributed by atoms with Gasteiger partial charge in [-0.3, -0.25) is 0 Å².